The number of carbonyl (C=O) groups excluding carboxylic acids is 2. The summed E-state index contributed by atoms with van der Waals surface area (Å²) in [5.41, 5.74) is 0. The van der Waals surface area contributed by atoms with Crippen LogP contribution in [0.15, 0.2) is 0 Å². The lowest BCUT2D eigenvalue weighted by Gasteiger charge is -2.19. The Kier molecular flexibility index (Phi) is 4.33. The molecule has 0 aromatic heterocycles. The first kappa shape index (κ1) is 11.4. The van der Waals surface area contributed by atoms with Crippen molar-refractivity contribution >= 4 is 22.9 Å². The number of hydrogen-bond donors (Lipinski definition) is 3. The van der Waals surface area contributed by atoms with Gasteiger partial charge >= 0.3 is 0 Å². The summed E-state index contributed by atoms with van der Waals surface area (Å²) in [6.07, 6.45) is 0.839. The van der Waals surface area contributed by atoms with Crippen molar-refractivity contribution in [1.29, 1.82) is 0 Å². The molecule has 1 unspecified atom stereocenters. The number of hydrogen-bond acceptors (Lipinski definition) is 6. The number of nitrogens with zero attached hydrogens (tertiary/aromatic N) is 1. The summed E-state index contributed by atoms with van der Waals surface area (Å²) >= 11 is 0.921. The van der Waals surface area contributed by atoms with Crippen LogP contribution >= 0.6 is 11.8 Å². The first-order valence-corrected chi connectivity index (χ1v) is 5.20. The molecule has 0 aromatic carbocycles. The van der Waals surface area contributed by atoms with Crippen molar-refractivity contribution in [3.63, 3.8) is 0 Å². The number of rotatable bonds is 5. The van der Waals surface area contributed by atoms with E-state index >= 15 is 0 Å². The molecule has 6 nitrogen and oxygen atoms in total. The molecule has 4 N–H and O–H groups in total. The second-order valence-electron chi connectivity index (χ2n) is 2.94. The summed E-state index contributed by atoms with van der Waals surface area (Å²) < 4.78 is 0. The van der Waals surface area contributed by atoms with Crippen LogP contribution in [0.1, 0.15) is 6.42 Å². The van der Waals surface area contributed by atoms with Gasteiger partial charge in [-0.3, -0.25) is 20.7 Å². The quantitative estimate of drug-likeness (QED) is 0.314. The summed E-state index contributed by atoms with van der Waals surface area (Å²) in [5, 5.41) is 5.65. The van der Waals surface area contributed by atoms with Crippen LogP contribution in [0.4, 0.5) is 4.79 Å². The summed E-state index contributed by atoms with van der Waals surface area (Å²) in [6.45, 7) is 1.42. The SMILES string of the molecule is CNCCCN(N)C1SC(=O)NC1=O. The lowest BCUT2D eigenvalue weighted by Crippen LogP contribution is -2.45. The van der Waals surface area contributed by atoms with E-state index in [-0.39, 0.29) is 11.1 Å². The fourth-order valence-electron chi connectivity index (χ4n) is 1.12. The Labute approximate surface area is 86.5 Å². The van der Waals surface area contributed by atoms with E-state index < -0.39 is 5.37 Å². The fraction of sp³-hybridized carbons (Fsp3) is 0.714. The number of hydrazine groups is 1. The average molecular weight is 218 g/mol. The molecule has 2 amide bonds. The van der Waals surface area contributed by atoms with Crippen molar-refractivity contribution in [2.24, 2.45) is 5.84 Å². The van der Waals surface area contributed by atoms with Gasteiger partial charge in [-0.05, 0) is 31.8 Å². The van der Waals surface area contributed by atoms with Gasteiger partial charge in [-0.2, -0.15) is 0 Å². The molecule has 1 atom stereocenters. The second kappa shape index (κ2) is 5.30. The number of imide groups is 1. The zero-order valence-electron chi connectivity index (χ0n) is 7.95. The minimum Gasteiger partial charge on any atom is -0.320 e. The van der Waals surface area contributed by atoms with E-state index in [1.807, 2.05) is 7.05 Å². The molecule has 1 rings (SSSR count). The first-order valence-electron chi connectivity index (χ1n) is 4.32. The highest BCUT2D eigenvalue weighted by atomic mass is 32.2. The van der Waals surface area contributed by atoms with Gasteiger partial charge in [0, 0.05) is 6.54 Å². The van der Waals surface area contributed by atoms with Gasteiger partial charge in [-0.1, -0.05) is 0 Å². The van der Waals surface area contributed by atoms with Crippen molar-refractivity contribution in [3.8, 4) is 0 Å². The van der Waals surface area contributed by atoms with Gasteiger partial charge in [0.25, 0.3) is 11.1 Å². The maximum atomic E-state index is 11.2. The van der Waals surface area contributed by atoms with Crippen molar-refractivity contribution in [1.82, 2.24) is 15.6 Å². The van der Waals surface area contributed by atoms with E-state index in [4.69, 9.17) is 5.84 Å². The monoisotopic (exact) mass is 218 g/mol. The van der Waals surface area contributed by atoms with Crippen LogP contribution in [0.2, 0.25) is 0 Å². The maximum absolute atomic E-state index is 11.2. The molecule has 1 aliphatic rings. The number of carbonyl (C=O) groups is 2. The minimum atomic E-state index is -0.570. The zero-order chi connectivity index (χ0) is 10.6. The summed E-state index contributed by atoms with van der Waals surface area (Å²) in [4.78, 5) is 22.0. The smallest absolute Gasteiger partial charge is 0.287 e. The lowest BCUT2D eigenvalue weighted by atomic mass is 10.4. The van der Waals surface area contributed by atoms with E-state index in [9.17, 15) is 9.59 Å². The Bertz CT molecular complexity index is 236. The summed E-state index contributed by atoms with van der Waals surface area (Å²) in [5.74, 6) is 5.32. The van der Waals surface area contributed by atoms with Crippen LogP contribution in [0.3, 0.4) is 0 Å². The molecule has 1 fully saturated rings. The molecule has 0 aromatic rings. The first-order chi connectivity index (χ1) is 6.65. The lowest BCUT2D eigenvalue weighted by molar-refractivity contribution is -0.121. The Morgan fingerprint density at radius 2 is 2.36 bits per heavy atom. The number of amides is 2. The molecule has 0 saturated carbocycles. The topological polar surface area (TPSA) is 87.5 Å². The van der Waals surface area contributed by atoms with E-state index in [0.717, 1.165) is 24.7 Å². The minimum absolute atomic E-state index is 0.327. The Hall–Kier alpha value is -0.630. The molecule has 1 heterocycles. The van der Waals surface area contributed by atoms with E-state index in [1.54, 1.807) is 0 Å². The van der Waals surface area contributed by atoms with E-state index in [0.29, 0.717) is 6.54 Å². The fourth-order valence-corrected chi connectivity index (χ4v) is 1.89. The van der Waals surface area contributed by atoms with E-state index in [2.05, 4.69) is 10.6 Å². The molecular formula is C7H14N4O2S. The highest BCUT2D eigenvalue weighted by Crippen LogP contribution is 2.20. The van der Waals surface area contributed by atoms with Crippen LogP contribution in [0, 0.1) is 0 Å². The largest absolute Gasteiger partial charge is 0.320 e. The van der Waals surface area contributed by atoms with Crippen molar-refractivity contribution in [2.75, 3.05) is 20.1 Å². The Morgan fingerprint density at radius 1 is 1.64 bits per heavy atom. The second-order valence-corrected chi connectivity index (χ2v) is 3.99. The standard InChI is InChI=1S/C7H14N4O2S/c1-9-3-2-4-11(8)6-5(12)10-7(13)14-6/h6,9H,2-4,8H2,1H3,(H,10,12,13). The third-order valence-corrected chi connectivity index (χ3v) is 2.84. The molecular weight excluding hydrogens is 204 g/mol. The molecule has 80 valence electrons. The highest BCUT2D eigenvalue weighted by Gasteiger charge is 2.34. The van der Waals surface area contributed by atoms with Crippen LogP contribution in [-0.2, 0) is 4.79 Å². The number of nitrogens with one attached hydrogen (secondary N) is 2. The molecule has 0 aliphatic carbocycles. The van der Waals surface area contributed by atoms with Crippen LogP contribution in [-0.4, -0.2) is 41.7 Å². The van der Waals surface area contributed by atoms with Gasteiger partial charge in [-0.15, -0.1) is 0 Å². The molecule has 0 radical (unpaired) electrons. The van der Waals surface area contributed by atoms with Crippen LogP contribution in [0.5, 0.6) is 0 Å². The van der Waals surface area contributed by atoms with Gasteiger partial charge in [0.05, 0.1) is 0 Å². The maximum Gasteiger partial charge on any atom is 0.287 e. The Morgan fingerprint density at radius 3 is 2.86 bits per heavy atom. The van der Waals surface area contributed by atoms with Crippen molar-refractivity contribution in [2.45, 2.75) is 11.8 Å². The van der Waals surface area contributed by atoms with Gasteiger partial charge in [0.15, 0.2) is 5.37 Å². The average Bonchev–Trinajstić information content (AvgIpc) is 2.45. The Balaban J connectivity index is 2.33. The zero-order valence-corrected chi connectivity index (χ0v) is 8.76. The van der Waals surface area contributed by atoms with Gasteiger partial charge in [0.1, 0.15) is 0 Å². The third kappa shape index (κ3) is 2.95. The molecule has 0 bridgehead atoms. The molecule has 14 heavy (non-hydrogen) atoms. The van der Waals surface area contributed by atoms with Gasteiger partial charge in [0.2, 0.25) is 0 Å². The van der Waals surface area contributed by atoms with Crippen LogP contribution < -0.4 is 16.5 Å². The van der Waals surface area contributed by atoms with Crippen molar-refractivity contribution in [3.05, 3.63) is 0 Å². The van der Waals surface area contributed by atoms with Gasteiger partial charge < -0.3 is 5.32 Å². The van der Waals surface area contributed by atoms with Crippen LogP contribution in [0.25, 0.3) is 0 Å². The number of nitrogens with two attached hydrogens (primary N) is 1. The predicted molar refractivity (Wildman–Crippen MR) is 54.4 cm³/mol. The summed E-state index contributed by atoms with van der Waals surface area (Å²) in [7, 11) is 1.85. The van der Waals surface area contributed by atoms with Gasteiger partial charge in [-0.25, -0.2) is 5.01 Å². The highest BCUT2D eigenvalue weighted by molar-refractivity contribution is 8.15. The van der Waals surface area contributed by atoms with Crippen molar-refractivity contribution < 1.29 is 9.59 Å². The molecule has 0 spiro atoms. The number of thioether (sulfide) groups is 1. The normalized spacial score (nSPS) is 21.8. The predicted octanol–water partition coefficient (Wildman–Crippen LogP) is -0.919. The summed E-state index contributed by atoms with van der Waals surface area (Å²) in [6, 6.07) is 0. The molecule has 1 saturated heterocycles. The third-order valence-electron chi connectivity index (χ3n) is 1.81. The van der Waals surface area contributed by atoms with E-state index in [1.165, 1.54) is 5.01 Å². The molecule has 7 heteroatoms. The molecule has 1 aliphatic heterocycles.